The molecule has 1 N–H and O–H groups in total. The van der Waals surface area contributed by atoms with Crippen LogP contribution in [0.1, 0.15) is 30.1 Å². The molecule has 1 atom stereocenters. The highest BCUT2D eigenvalue weighted by Gasteiger charge is 2.15. The first-order valence-electron chi connectivity index (χ1n) is 6.05. The standard InChI is InChI=1S/C13H16ClN3O/c1-2-10(6-7-14)16-13(18)11-9-15-17-8-4-3-5-12(11)17/h3-5,8-10H,2,6-7H2,1H3,(H,16,18). The molecule has 0 fully saturated rings. The summed E-state index contributed by atoms with van der Waals surface area (Å²) < 4.78 is 1.69. The Kier molecular flexibility index (Phi) is 4.20. The fourth-order valence-electron chi connectivity index (χ4n) is 1.88. The van der Waals surface area contributed by atoms with Crippen molar-refractivity contribution in [1.82, 2.24) is 14.9 Å². The molecular formula is C13H16ClN3O. The van der Waals surface area contributed by atoms with Gasteiger partial charge in [-0.05, 0) is 25.0 Å². The molecular weight excluding hydrogens is 250 g/mol. The summed E-state index contributed by atoms with van der Waals surface area (Å²) >= 11 is 5.71. The molecule has 5 heteroatoms. The van der Waals surface area contributed by atoms with Crippen molar-refractivity contribution in [3.8, 4) is 0 Å². The van der Waals surface area contributed by atoms with E-state index in [1.54, 1.807) is 10.7 Å². The first-order chi connectivity index (χ1) is 8.76. The van der Waals surface area contributed by atoms with E-state index < -0.39 is 0 Å². The predicted molar refractivity (Wildman–Crippen MR) is 72.1 cm³/mol. The number of nitrogens with zero attached hydrogens (tertiary/aromatic N) is 2. The van der Waals surface area contributed by atoms with Gasteiger partial charge in [0.2, 0.25) is 0 Å². The van der Waals surface area contributed by atoms with E-state index in [0.717, 1.165) is 18.4 Å². The molecule has 0 aliphatic heterocycles. The maximum atomic E-state index is 12.2. The number of carbonyl (C=O) groups is 1. The van der Waals surface area contributed by atoms with Crippen LogP contribution in [0.3, 0.4) is 0 Å². The zero-order valence-corrected chi connectivity index (χ0v) is 11.0. The summed E-state index contributed by atoms with van der Waals surface area (Å²) in [6.07, 6.45) is 5.07. The van der Waals surface area contributed by atoms with E-state index in [1.807, 2.05) is 31.3 Å². The lowest BCUT2D eigenvalue weighted by molar-refractivity contribution is 0.0936. The third-order valence-corrected chi connectivity index (χ3v) is 3.17. The van der Waals surface area contributed by atoms with E-state index in [9.17, 15) is 4.79 Å². The van der Waals surface area contributed by atoms with Crippen LogP contribution >= 0.6 is 11.6 Å². The zero-order valence-electron chi connectivity index (χ0n) is 10.3. The van der Waals surface area contributed by atoms with E-state index in [4.69, 9.17) is 11.6 Å². The Balaban J connectivity index is 2.18. The van der Waals surface area contributed by atoms with E-state index in [1.165, 1.54) is 0 Å². The molecule has 2 heterocycles. The van der Waals surface area contributed by atoms with Crippen LogP contribution in [0.15, 0.2) is 30.6 Å². The van der Waals surface area contributed by atoms with Crippen LogP contribution in [0.5, 0.6) is 0 Å². The lowest BCUT2D eigenvalue weighted by atomic mass is 10.1. The van der Waals surface area contributed by atoms with E-state index in [0.29, 0.717) is 11.4 Å². The smallest absolute Gasteiger partial charge is 0.255 e. The van der Waals surface area contributed by atoms with Crippen LogP contribution < -0.4 is 5.32 Å². The SMILES string of the molecule is CCC(CCCl)NC(=O)c1cnn2ccccc12. The Morgan fingerprint density at radius 1 is 1.56 bits per heavy atom. The highest BCUT2D eigenvalue weighted by atomic mass is 35.5. The quantitative estimate of drug-likeness (QED) is 0.845. The summed E-state index contributed by atoms with van der Waals surface area (Å²) in [5, 5.41) is 7.13. The fraction of sp³-hybridized carbons (Fsp3) is 0.385. The van der Waals surface area contributed by atoms with Gasteiger partial charge in [0.25, 0.3) is 5.91 Å². The molecule has 2 rings (SSSR count). The molecule has 96 valence electrons. The second-order valence-electron chi connectivity index (χ2n) is 4.14. The minimum Gasteiger partial charge on any atom is -0.349 e. The van der Waals surface area contributed by atoms with Crippen molar-refractivity contribution in [2.75, 3.05) is 5.88 Å². The molecule has 0 spiro atoms. The lowest BCUT2D eigenvalue weighted by Gasteiger charge is -2.14. The minimum absolute atomic E-state index is 0.0897. The van der Waals surface area contributed by atoms with Crippen LogP contribution in [0.25, 0.3) is 5.52 Å². The Hall–Kier alpha value is -1.55. The van der Waals surface area contributed by atoms with Gasteiger partial charge >= 0.3 is 0 Å². The molecule has 18 heavy (non-hydrogen) atoms. The fourth-order valence-corrected chi connectivity index (χ4v) is 2.15. The second kappa shape index (κ2) is 5.87. The summed E-state index contributed by atoms with van der Waals surface area (Å²) in [6, 6.07) is 5.77. The van der Waals surface area contributed by atoms with Crippen molar-refractivity contribution in [1.29, 1.82) is 0 Å². The van der Waals surface area contributed by atoms with Gasteiger partial charge in [0, 0.05) is 18.1 Å². The van der Waals surface area contributed by atoms with Crippen molar-refractivity contribution < 1.29 is 4.79 Å². The topological polar surface area (TPSA) is 46.4 Å². The van der Waals surface area contributed by atoms with E-state index in [-0.39, 0.29) is 11.9 Å². The van der Waals surface area contributed by atoms with E-state index >= 15 is 0 Å². The van der Waals surface area contributed by atoms with Gasteiger partial charge in [-0.25, -0.2) is 4.52 Å². The van der Waals surface area contributed by atoms with Gasteiger partial charge < -0.3 is 5.32 Å². The van der Waals surface area contributed by atoms with Crippen molar-refractivity contribution in [2.24, 2.45) is 0 Å². The Morgan fingerprint density at radius 3 is 3.11 bits per heavy atom. The Labute approximate surface area is 111 Å². The minimum atomic E-state index is -0.0897. The average Bonchev–Trinajstić information content (AvgIpc) is 2.82. The van der Waals surface area contributed by atoms with E-state index in [2.05, 4.69) is 10.4 Å². The Morgan fingerprint density at radius 2 is 2.39 bits per heavy atom. The van der Waals surface area contributed by atoms with Gasteiger partial charge in [0.15, 0.2) is 0 Å². The first kappa shape index (κ1) is 12.9. The van der Waals surface area contributed by atoms with Crippen molar-refractivity contribution in [2.45, 2.75) is 25.8 Å². The van der Waals surface area contributed by atoms with Crippen LogP contribution in [-0.4, -0.2) is 27.4 Å². The number of rotatable bonds is 5. The summed E-state index contributed by atoms with van der Waals surface area (Å²) in [7, 11) is 0. The molecule has 0 bridgehead atoms. The molecule has 1 amide bonds. The molecule has 0 aromatic carbocycles. The van der Waals surface area contributed by atoms with Gasteiger partial charge in [-0.2, -0.15) is 5.10 Å². The van der Waals surface area contributed by atoms with Crippen molar-refractivity contribution in [3.63, 3.8) is 0 Å². The number of fused-ring (bicyclic) bond motifs is 1. The van der Waals surface area contributed by atoms with Crippen LogP contribution in [0.2, 0.25) is 0 Å². The van der Waals surface area contributed by atoms with Gasteiger partial charge in [-0.15, -0.1) is 11.6 Å². The number of halogens is 1. The third-order valence-electron chi connectivity index (χ3n) is 2.96. The predicted octanol–water partition coefficient (Wildman–Crippen LogP) is 2.47. The van der Waals surface area contributed by atoms with Crippen LogP contribution in [-0.2, 0) is 0 Å². The highest BCUT2D eigenvalue weighted by Crippen LogP contribution is 2.11. The van der Waals surface area contributed by atoms with Crippen LogP contribution in [0.4, 0.5) is 0 Å². The molecule has 1 unspecified atom stereocenters. The monoisotopic (exact) mass is 265 g/mol. The van der Waals surface area contributed by atoms with Gasteiger partial charge in [0.1, 0.15) is 0 Å². The molecule has 0 saturated carbocycles. The van der Waals surface area contributed by atoms with Gasteiger partial charge in [0.05, 0.1) is 17.3 Å². The van der Waals surface area contributed by atoms with Gasteiger partial charge in [-0.3, -0.25) is 4.79 Å². The number of aromatic nitrogens is 2. The second-order valence-corrected chi connectivity index (χ2v) is 4.52. The maximum Gasteiger partial charge on any atom is 0.255 e. The molecule has 2 aromatic rings. The molecule has 0 aliphatic carbocycles. The number of hydrogen-bond acceptors (Lipinski definition) is 2. The molecule has 4 nitrogen and oxygen atoms in total. The summed E-state index contributed by atoms with van der Waals surface area (Å²) in [6.45, 7) is 2.04. The summed E-state index contributed by atoms with van der Waals surface area (Å²) in [5.74, 6) is 0.459. The number of alkyl halides is 1. The average molecular weight is 266 g/mol. The first-order valence-corrected chi connectivity index (χ1v) is 6.59. The number of carbonyl (C=O) groups excluding carboxylic acids is 1. The van der Waals surface area contributed by atoms with Crippen LogP contribution in [0, 0.1) is 0 Å². The molecule has 0 saturated heterocycles. The number of pyridine rings is 1. The van der Waals surface area contributed by atoms with Crippen molar-refractivity contribution in [3.05, 3.63) is 36.2 Å². The zero-order chi connectivity index (χ0) is 13.0. The van der Waals surface area contributed by atoms with Crippen molar-refractivity contribution >= 4 is 23.0 Å². The maximum absolute atomic E-state index is 12.2. The highest BCUT2D eigenvalue weighted by molar-refractivity contribution is 6.17. The molecule has 2 aromatic heterocycles. The largest absolute Gasteiger partial charge is 0.349 e. The number of nitrogens with one attached hydrogen (secondary N) is 1. The van der Waals surface area contributed by atoms with Gasteiger partial charge in [-0.1, -0.05) is 13.0 Å². The number of hydrogen-bond donors (Lipinski definition) is 1. The Bertz CT molecular complexity index is 538. The normalized spacial score (nSPS) is 12.6. The molecule has 0 aliphatic rings. The number of amides is 1. The summed E-state index contributed by atoms with van der Waals surface area (Å²) in [5.41, 5.74) is 1.42. The summed E-state index contributed by atoms with van der Waals surface area (Å²) in [4.78, 5) is 12.2. The molecule has 0 radical (unpaired) electrons. The lowest BCUT2D eigenvalue weighted by Crippen LogP contribution is -2.34. The third kappa shape index (κ3) is 2.64.